The number of anilines is 1. The standard InChI is InChI=1S/C33H31N3O5S2/c1-5-17-41-25-16-15-24(18-26(25)40-6-2)28-27(29(37)23-13-9-21(4)10-14-23)30(38)31(39)36(28)32-34-35-33(43-32)42-19-22-11-7-20(3)8-12-22/h5,7-16,18,28,37H,1,6,17,19H2,2-4H3. The number of amides is 1. The summed E-state index contributed by atoms with van der Waals surface area (Å²) in [7, 11) is 0. The molecule has 1 aliphatic rings. The average molecular weight is 614 g/mol. The molecule has 220 valence electrons. The number of thioether (sulfide) groups is 1. The highest BCUT2D eigenvalue weighted by molar-refractivity contribution is 8.00. The zero-order valence-electron chi connectivity index (χ0n) is 24.1. The monoisotopic (exact) mass is 613 g/mol. The van der Waals surface area contributed by atoms with Gasteiger partial charge in [0.05, 0.1) is 18.2 Å². The van der Waals surface area contributed by atoms with Crippen molar-refractivity contribution in [1.29, 1.82) is 0 Å². The first-order valence-electron chi connectivity index (χ1n) is 13.7. The number of aromatic nitrogens is 2. The second-order valence-corrected chi connectivity index (χ2v) is 12.1. The summed E-state index contributed by atoms with van der Waals surface area (Å²) < 4.78 is 12.3. The van der Waals surface area contributed by atoms with E-state index in [0.717, 1.165) is 11.1 Å². The lowest BCUT2D eigenvalue weighted by Crippen LogP contribution is -2.29. The third kappa shape index (κ3) is 6.50. The minimum absolute atomic E-state index is 0.0416. The summed E-state index contributed by atoms with van der Waals surface area (Å²) in [6, 6.07) is 19.6. The number of benzene rings is 3. The van der Waals surface area contributed by atoms with Crippen molar-refractivity contribution in [3.8, 4) is 11.5 Å². The molecule has 1 saturated heterocycles. The number of carbonyl (C=O) groups is 2. The summed E-state index contributed by atoms with van der Waals surface area (Å²) in [5.74, 6) is -0.267. The number of rotatable bonds is 11. The van der Waals surface area contributed by atoms with Crippen molar-refractivity contribution in [2.24, 2.45) is 0 Å². The van der Waals surface area contributed by atoms with E-state index in [-0.39, 0.29) is 23.1 Å². The van der Waals surface area contributed by atoms with Gasteiger partial charge >= 0.3 is 5.91 Å². The maximum Gasteiger partial charge on any atom is 0.301 e. The predicted molar refractivity (Wildman–Crippen MR) is 170 cm³/mol. The van der Waals surface area contributed by atoms with Crippen molar-refractivity contribution >= 4 is 45.7 Å². The van der Waals surface area contributed by atoms with Crippen LogP contribution in [0.5, 0.6) is 11.5 Å². The lowest BCUT2D eigenvalue weighted by Gasteiger charge is -2.23. The second-order valence-electron chi connectivity index (χ2n) is 9.90. The summed E-state index contributed by atoms with van der Waals surface area (Å²) in [5.41, 5.74) is 4.24. The van der Waals surface area contributed by atoms with Crippen LogP contribution in [0.4, 0.5) is 5.13 Å². The summed E-state index contributed by atoms with van der Waals surface area (Å²) >= 11 is 2.72. The number of Topliss-reactive ketones (excluding diaryl/α,β-unsaturated/α-hetero) is 1. The maximum atomic E-state index is 13.6. The molecule has 5 rings (SSSR count). The van der Waals surface area contributed by atoms with Crippen molar-refractivity contribution in [3.63, 3.8) is 0 Å². The number of aliphatic hydroxyl groups excluding tert-OH is 1. The molecule has 1 aliphatic heterocycles. The summed E-state index contributed by atoms with van der Waals surface area (Å²) in [6.45, 7) is 10.2. The summed E-state index contributed by atoms with van der Waals surface area (Å²) in [6.07, 6.45) is 1.63. The van der Waals surface area contributed by atoms with Crippen LogP contribution in [0.25, 0.3) is 5.76 Å². The molecule has 0 radical (unpaired) electrons. The zero-order chi connectivity index (χ0) is 30.5. The van der Waals surface area contributed by atoms with Gasteiger partial charge in [0.2, 0.25) is 5.13 Å². The molecule has 1 amide bonds. The van der Waals surface area contributed by atoms with E-state index in [2.05, 4.69) is 41.0 Å². The normalized spacial score (nSPS) is 16.0. The first kappa shape index (κ1) is 30.1. The Bertz CT molecular complexity index is 1680. The molecule has 10 heteroatoms. The van der Waals surface area contributed by atoms with Gasteiger partial charge in [-0.25, -0.2) is 0 Å². The maximum absolute atomic E-state index is 13.6. The first-order chi connectivity index (χ1) is 20.8. The number of nitrogens with zero attached hydrogens (tertiary/aromatic N) is 3. The van der Waals surface area contributed by atoms with E-state index in [1.807, 2.05) is 32.9 Å². The van der Waals surface area contributed by atoms with Crippen molar-refractivity contribution in [2.45, 2.75) is 36.9 Å². The molecule has 3 aromatic carbocycles. The Kier molecular flexibility index (Phi) is 9.27. The van der Waals surface area contributed by atoms with Gasteiger partial charge in [-0.3, -0.25) is 14.5 Å². The van der Waals surface area contributed by atoms with E-state index in [0.29, 0.717) is 39.3 Å². The smallest absolute Gasteiger partial charge is 0.301 e. The van der Waals surface area contributed by atoms with Gasteiger partial charge in [0.25, 0.3) is 5.78 Å². The second kappa shape index (κ2) is 13.3. The number of aryl methyl sites for hydroxylation is 2. The van der Waals surface area contributed by atoms with Gasteiger partial charge in [-0.1, -0.05) is 101 Å². The molecule has 1 unspecified atom stereocenters. The number of hydrogen-bond donors (Lipinski definition) is 1. The van der Waals surface area contributed by atoms with Crippen LogP contribution in [-0.4, -0.2) is 40.2 Å². The fourth-order valence-electron chi connectivity index (χ4n) is 4.63. The Morgan fingerprint density at radius 2 is 1.70 bits per heavy atom. The molecule has 0 bridgehead atoms. The van der Waals surface area contributed by atoms with E-state index in [9.17, 15) is 14.7 Å². The summed E-state index contributed by atoms with van der Waals surface area (Å²) in [4.78, 5) is 28.5. The Morgan fingerprint density at radius 1 is 1.00 bits per heavy atom. The van der Waals surface area contributed by atoms with Crippen LogP contribution in [0, 0.1) is 13.8 Å². The van der Waals surface area contributed by atoms with E-state index in [1.54, 1.807) is 36.4 Å². The molecular formula is C33H31N3O5S2. The summed E-state index contributed by atoms with van der Waals surface area (Å²) in [5, 5.41) is 20.3. The number of aliphatic hydroxyl groups is 1. The predicted octanol–water partition coefficient (Wildman–Crippen LogP) is 7.04. The fraction of sp³-hybridized carbons (Fsp3) is 0.212. The van der Waals surface area contributed by atoms with Gasteiger partial charge in [0.15, 0.2) is 15.8 Å². The lowest BCUT2D eigenvalue weighted by atomic mass is 9.95. The van der Waals surface area contributed by atoms with Crippen LogP contribution in [0.15, 0.2) is 89.3 Å². The molecule has 1 N–H and O–H groups in total. The number of ether oxygens (including phenoxy) is 2. The van der Waals surface area contributed by atoms with E-state index in [1.165, 1.54) is 33.6 Å². The van der Waals surface area contributed by atoms with Crippen molar-refractivity contribution in [1.82, 2.24) is 10.2 Å². The number of carbonyl (C=O) groups excluding carboxylic acids is 2. The van der Waals surface area contributed by atoms with Gasteiger partial charge in [0.1, 0.15) is 12.4 Å². The van der Waals surface area contributed by atoms with Crippen LogP contribution in [0.2, 0.25) is 0 Å². The third-order valence-corrected chi connectivity index (χ3v) is 8.92. The quantitative estimate of drug-likeness (QED) is 0.0480. The molecular weight excluding hydrogens is 583 g/mol. The minimum atomic E-state index is -0.975. The van der Waals surface area contributed by atoms with Gasteiger partial charge in [-0.15, -0.1) is 10.2 Å². The molecule has 4 aromatic rings. The molecule has 8 nitrogen and oxygen atoms in total. The molecule has 1 fully saturated rings. The molecule has 1 atom stereocenters. The Labute approximate surface area is 258 Å². The Balaban J connectivity index is 1.57. The van der Waals surface area contributed by atoms with Crippen molar-refractivity contribution in [3.05, 3.63) is 113 Å². The molecule has 1 aromatic heterocycles. The largest absolute Gasteiger partial charge is 0.507 e. The van der Waals surface area contributed by atoms with Crippen molar-refractivity contribution < 1.29 is 24.2 Å². The first-order valence-corrected chi connectivity index (χ1v) is 15.5. The highest BCUT2D eigenvalue weighted by atomic mass is 32.2. The SMILES string of the molecule is C=CCOc1ccc(C2C(=C(O)c3ccc(C)cc3)C(=O)C(=O)N2c2nnc(SCc3ccc(C)cc3)s2)cc1OCC. The molecule has 2 heterocycles. The highest BCUT2D eigenvalue weighted by Crippen LogP contribution is 2.45. The van der Waals surface area contributed by atoms with Crippen LogP contribution in [0.3, 0.4) is 0 Å². The number of ketones is 1. The highest BCUT2D eigenvalue weighted by Gasteiger charge is 2.48. The van der Waals surface area contributed by atoms with Crippen molar-refractivity contribution in [2.75, 3.05) is 18.1 Å². The van der Waals surface area contributed by atoms with Gasteiger partial charge < -0.3 is 14.6 Å². The Hall–Kier alpha value is -4.41. The fourth-order valence-corrected chi connectivity index (χ4v) is 6.45. The Morgan fingerprint density at radius 3 is 2.37 bits per heavy atom. The number of hydrogen-bond acceptors (Lipinski definition) is 9. The topological polar surface area (TPSA) is 102 Å². The van der Waals surface area contributed by atoms with E-state index in [4.69, 9.17) is 9.47 Å². The van der Waals surface area contributed by atoms with E-state index >= 15 is 0 Å². The van der Waals surface area contributed by atoms with Gasteiger partial charge in [-0.05, 0) is 44.0 Å². The van der Waals surface area contributed by atoms with Crippen LogP contribution < -0.4 is 14.4 Å². The van der Waals surface area contributed by atoms with Gasteiger partial charge in [0, 0.05) is 11.3 Å². The third-order valence-electron chi connectivity index (χ3n) is 6.79. The molecule has 0 aliphatic carbocycles. The average Bonchev–Trinajstić information content (AvgIpc) is 3.58. The molecule has 0 spiro atoms. The minimum Gasteiger partial charge on any atom is -0.507 e. The van der Waals surface area contributed by atoms with Crippen LogP contribution >= 0.6 is 23.1 Å². The van der Waals surface area contributed by atoms with Crippen LogP contribution in [0.1, 0.15) is 40.8 Å². The van der Waals surface area contributed by atoms with Gasteiger partial charge in [-0.2, -0.15) is 0 Å². The van der Waals surface area contributed by atoms with Crippen LogP contribution in [-0.2, 0) is 15.3 Å². The van der Waals surface area contributed by atoms with E-state index < -0.39 is 17.7 Å². The zero-order valence-corrected chi connectivity index (χ0v) is 25.7. The molecule has 43 heavy (non-hydrogen) atoms. The molecule has 0 saturated carbocycles. The lowest BCUT2D eigenvalue weighted by molar-refractivity contribution is -0.132.